The van der Waals surface area contributed by atoms with Crippen LogP contribution in [0.1, 0.15) is 0 Å². The minimum atomic E-state index is 0.732. The van der Waals surface area contributed by atoms with Gasteiger partial charge in [0, 0.05) is 11.5 Å². The minimum Gasteiger partial charge on any atom is -0.372 e. The van der Waals surface area contributed by atoms with E-state index in [1.54, 1.807) is 0 Å². The van der Waals surface area contributed by atoms with Crippen LogP contribution in [0, 0.1) is 0 Å². The fourth-order valence-corrected chi connectivity index (χ4v) is 2.71. The maximum Gasteiger partial charge on any atom is 0.0718 e. The van der Waals surface area contributed by atoms with Crippen LogP contribution in [0.4, 0.5) is 0 Å². The highest BCUT2D eigenvalue weighted by Gasteiger charge is 2.00. The Balaban J connectivity index is 1.70. The highest BCUT2D eigenvalue weighted by molar-refractivity contribution is 8.02. The third kappa shape index (κ3) is 3.93. The lowest BCUT2D eigenvalue weighted by atomic mass is 10.2. The highest BCUT2D eigenvalue weighted by Crippen LogP contribution is 2.16. The molecule has 0 unspecified atom stereocenters. The van der Waals surface area contributed by atoms with Crippen LogP contribution in [0.3, 0.4) is 0 Å². The monoisotopic (exact) mass is 238 g/mol. The molecule has 0 aromatic heterocycles. The fraction of sp³-hybridized carbons (Fsp3) is 0.333. The van der Waals surface area contributed by atoms with Gasteiger partial charge in [0.05, 0.1) is 13.2 Å². The van der Waals surface area contributed by atoms with Crippen molar-refractivity contribution in [2.75, 3.05) is 24.7 Å². The van der Waals surface area contributed by atoms with Crippen molar-refractivity contribution in [2.24, 2.45) is 0 Å². The molecule has 80 valence electrons. The van der Waals surface area contributed by atoms with E-state index >= 15 is 0 Å². The molecule has 0 saturated heterocycles. The van der Waals surface area contributed by atoms with Gasteiger partial charge in [0.15, 0.2) is 0 Å². The number of thioether (sulfide) groups is 2. The van der Waals surface area contributed by atoms with Crippen molar-refractivity contribution >= 4 is 23.5 Å². The second-order valence-electron chi connectivity index (χ2n) is 3.32. The second kappa shape index (κ2) is 6.26. The summed E-state index contributed by atoms with van der Waals surface area (Å²) in [6.07, 6.45) is 8.72. The average molecular weight is 238 g/mol. The number of ether oxygens (including phenoxy) is 1. The molecular weight excluding hydrogens is 224 g/mol. The van der Waals surface area contributed by atoms with Crippen molar-refractivity contribution in [3.63, 3.8) is 0 Å². The Morgan fingerprint density at radius 1 is 0.933 bits per heavy atom. The lowest BCUT2D eigenvalue weighted by Crippen LogP contribution is -2.02. The summed E-state index contributed by atoms with van der Waals surface area (Å²) in [6, 6.07) is 0. The number of hydrogen-bond acceptors (Lipinski definition) is 3. The van der Waals surface area contributed by atoms with E-state index in [0.29, 0.717) is 0 Å². The first-order valence-electron chi connectivity index (χ1n) is 4.97. The largest absolute Gasteiger partial charge is 0.372 e. The molecule has 0 N–H and O–H groups in total. The van der Waals surface area contributed by atoms with E-state index in [2.05, 4.69) is 35.1 Å². The molecule has 15 heavy (non-hydrogen) atoms. The summed E-state index contributed by atoms with van der Waals surface area (Å²) in [4.78, 5) is 0. The highest BCUT2D eigenvalue weighted by atomic mass is 32.2. The standard InChI is InChI=1S/C12H14OS2/c1-5-14-6-2-11(1)9-13-10-12-3-7-15-8-4-12/h1-5,7H,6,8-10H2. The van der Waals surface area contributed by atoms with Gasteiger partial charge in [-0.15, -0.1) is 23.5 Å². The lowest BCUT2D eigenvalue weighted by molar-refractivity contribution is 0.184. The molecule has 0 amide bonds. The van der Waals surface area contributed by atoms with Gasteiger partial charge in [-0.25, -0.2) is 0 Å². The van der Waals surface area contributed by atoms with E-state index in [1.165, 1.54) is 11.1 Å². The molecule has 0 aliphatic carbocycles. The molecule has 2 rings (SSSR count). The van der Waals surface area contributed by atoms with Gasteiger partial charge in [0.25, 0.3) is 0 Å². The summed E-state index contributed by atoms with van der Waals surface area (Å²) >= 11 is 3.64. The van der Waals surface area contributed by atoms with Crippen LogP contribution in [0.25, 0.3) is 0 Å². The molecule has 2 aliphatic rings. The van der Waals surface area contributed by atoms with Crippen molar-refractivity contribution in [2.45, 2.75) is 0 Å². The maximum atomic E-state index is 5.66. The van der Waals surface area contributed by atoms with Gasteiger partial charge in [-0.1, -0.05) is 24.3 Å². The summed E-state index contributed by atoms with van der Waals surface area (Å²) in [5.41, 5.74) is 2.59. The van der Waals surface area contributed by atoms with Gasteiger partial charge in [0.2, 0.25) is 0 Å². The van der Waals surface area contributed by atoms with Gasteiger partial charge in [-0.05, 0) is 22.0 Å². The molecule has 0 saturated carbocycles. The van der Waals surface area contributed by atoms with Gasteiger partial charge >= 0.3 is 0 Å². The molecule has 0 atom stereocenters. The van der Waals surface area contributed by atoms with Crippen LogP contribution in [0.2, 0.25) is 0 Å². The Labute approximate surface area is 99.3 Å². The van der Waals surface area contributed by atoms with E-state index in [-0.39, 0.29) is 0 Å². The van der Waals surface area contributed by atoms with Crippen molar-refractivity contribution in [1.82, 2.24) is 0 Å². The summed E-state index contributed by atoms with van der Waals surface area (Å²) in [5.74, 6) is 2.16. The Bertz CT molecular complexity index is 295. The first-order valence-corrected chi connectivity index (χ1v) is 7.07. The predicted molar refractivity (Wildman–Crippen MR) is 70.2 cm³/mol. The van der Waals surface area contributed by atoms with Crippen LogP contribution in [0.15, 0.2) is 46.3 Å². The molecule has 0 bridgehead atoms. The van der Waals surface area contributed by atoms with E-state index in [9.17, 15) is 0 Å². The molecule has 3 heteroatoms. The SMILES string of the molecule is C1=CC(COCC2=CCSC=C2)=CCS1. The Morgan fingerprint density at radius 2 is 1.47 bits per heavy atom. The Kier molecular flexibility index (Phi) is 4.64. The van der Waals surface area contributed by atoms with Crippen LogP contribution < -0.4 is 0 Å². The van der Waals surface area contributed by atoms with Crippen LogP contribution in [0.5, 0.6) is 0 Å². The van der Waals surface area contributed by atoms with Crippen molar-refractivity contribution in [1.29, 1.82) is 0 Å². The van der Waals surface area contributed by atoms with Crippen LogP contribution >= 0.6 is 23.5 Å². The number of hydrogen-bond donors (Lipinski definition) is 0. The lowest BCUT2D eigenvalue weighted by Gasteiger charge is -2.10. The smallest absolute Gasteiger partial charge is 0.0718 e. The first kappa shape index (κ1) is 11.1. The summed E-state index contributed by atoms with van der Waals surface area (Å²) in [7, 11) is 0. The second-order valence-corrected chi connectivity index (χ2v) is 5.20. The van der Waals surface area contributed by atoms with Crippen molar-refractivity contribution < 1.29 is 4.74 Å². The van der Waals surface area contributed by atoms with E-state index < -0.39 is 0 Å². The predicted octanol–water partition coefficient (Wildman–Crippen LogP) is 3.38. The molecule has 2 heterocycles. The number of rotatable bonds is 4. The minimum absolute atomic E-state index is 0.732. The Morgan fingerprint density at radius 3 is 1.87 bits per heavy atom. The normalized spacial score (nSPS) is 20.0. The van der Waals surface area contributed by atoms with Crippen LogP contribution in [-0.2, 0) is 4.74 Å². The summed E-state index contributed by atoms with van der Waals surface area (Å²) in [5, 5.41) is 4.27. The summed E-state index contributed by atoms with van der Waals surface area (Å²) < 4.78 is 5.66. The average Bonchev–Trinajstić information content (AvgIpc) is 2.32. The fourth-order valence-electron chi connectivity index (χ4n) is 1.33. The molecule has 0 spiro atoms. The third-order valence-corrected chi connectivity index (χ3v) is 3.55. The topological polar surface area (TPSA) is 9.23 Å². The van der Waals surface area contributed by atoms with Crippen molar-refractivity contribution in [3.8, 4) is 0 Å². The van der Waals surface area contributed by atoms with Crippen LogP contribution in [-0.4, -0.2) is 24.7 Å². The molecule has 0 radical (unpaired) electrons. The zero-order valence-electron chi connectivity index (χ0n) is 8.52. The molecular formula is C12H14OS2. The maximum absolute atomic E-state index is 5.66. The quantitative estimate of drug-likeness (QED) is 0.743. The summed E-state index contributed by atoms with van der Waals surface area (Å²) in [6.45, 7) is 1.46. The molecule has 0 aromatic rings. The molecule has 0 fully saturated rings. The molecule has 0 aromatic carbocycles. The van der Waals surface area contributed by atoms with Gasteiger partial charge in [0.1, 0.15) is 0 Å². The molecule has 2 aliphatic heterocycles. The first-order chi connectivity index (χ1) is 7.45. The van der Waals surface area contributed by atoms with E-state index in [0.717, 1.165) is 24.7 Å². The van der Waals surface area contributed by atoms with E-state index in [1.807, 2.05) is 23.5 Å². The van der Waals surface area contributed by atoms with Gasteiger partial charge in [-0.2, -0.15) is 0 Å². The zero-order chi connectivity index (χ0) is 10.3. The van der Waals surface area contributed by atoms with Crippen molar-refractivity contribution in [3.05, 3.63) is 46.3 Å². The van der Waals surface area contributed by atoms with Gasteiger partial charge < -0.3 is 4.74 Å². The third-order valence-electron chi connectivity index (χ3n) is 2.18. The molecule has 1 nitrogen and oxygen atoms in total. The van der Waals surface area contributed by atoms with Gasteiger partial charge in [-0.3, -0.25) is 0 Å². The Hall–Kier alpha value is -0.380. The van der Waals surface area contributed by atoms with E-state index in [4.69, 9.17) is 4.74 Å². The zero-order valence-corrected chi connectivity index (χ0v) is 10.2.